The lowest BCUT2D eigenvalue weighted by molar-refractivity contribution is 0.840. The maximum absolute atomic E-state index is 12.4. The third-order valence-corrected chi connectivity index (χ3v) is 6.54. The first kappa shape index (κ1) is 20.4. The highest BCUT2D eigenvalue weighted by molar-refractivity contribution is 7.98. The summed E-state index contributed by atoms with van der Waals surface area (Å²) in [4.78, 5) is 22.1. The van der Waals surface area contributed by atoms with E-state index in [2.05, 4.69) is 25.1 Å². The zero-order chi connectivity index (χ0) is 21.4. The summed E-state index contributed by atoms with van der Waals surface area (Å²) < 4.78 is 2.01. The molecule has 0 spiro atoms. The van der Waals surface area contributed by atoms with Gasteiger partial charge in [0.15, 0.2) is 5.16 Å². The van der Waals surface area contributed by atoms with Crippen molar-refractivity contribution < 1.29 is 0 Å². The summed E-state index contributed by atoms with van der Waals surface area (Å²) in [6.45, 7) is 1.90. The van der Waals surface area contributed by atoms with Crippen LogP contribution in [0.5, 0.6) is 0 Å². The predicted molar refractivity (Wildman–Crippen MR) is 125 cm³/mol. The summed E-state index contributed by atoms with van der Waals surface area (Å²) >= 11 is 13.8. The third-order valence-electron chi connectivity index (χ3n) is 5.13. The van der Waals surface area contributed by atoms with Crippen molar-refractivity contribution in [2.24, 2.45) is 0 Å². The first-order valence-corrected chi connectivity index (χ1v) is 11.6. The molecular weight excluding hydrogens is 455 g/mol. The Morgan fingerprint density at radius 1 is 1.03 bits per heavy atom. The molecule has 4 aromatic rings. The second-order valence-corrected chi connectivity index (χ2v) is 9.07. The maximum Gasteiger partial charge on any atom is 0.258 e. The first-order valence-electron chi connectivity index (χ1n) is 9.86. The fourth-order valence-electron chi connectivity index (χ4n) is 3.68. The van der Waals surface area contributed by atoms with Crippen LogP contribution in [0.4, 0.5) is 5.95 Å². The van der Waals surface area contributed by atoms with Crippen molar-refractivity contribution in [3.8, 4) is 5.69 Å². The van der Waals surface area contributed by atoms with Crippen molar-refractivity contribution in [2.45, 2.75) is 23.8 Å². The molecule has 2 aromatic carbocycles. The van der Waals surface area contributed by atoms with E-state index in [1.165, 1.54) is 11.8 Å². The quantitative estimate of drug-likeness (QED) is 0.423. The van der Waals surface area contributed by atoms with Crippen LogP contribution in [0, 0.1) is 0 Å². The molecule has 158 valence electrons. The van der Waals surface area contributed by atoms with Crippen molar-refractivity contribution in [1.82, 2.24) is 24.7 Å². The van der Waals surface area contributed by atoms with Gasteiger partial charge in [-0.05, 0) is 49.2 Å². The summed E-state index contributed by atoms with van der Waals surface area (Å²) in [6.07, 6.45) is 2.27. The largest absolute Gasteiger partial charge is 0.341 e. The van der Waals surface area contributed by atoms with Gasteiger partial charge in [-0.1, -0.05) is 41.0 Å². The van der Waals surface area contributed by atoms with Crippen molar-refractivity contribution in [3.05, 3.63) is 68.7 Å². The van der Waals surface area contributed by atoms with E-state index in [-0.39, 0.29) is 5.56 Å². The van der Waals surface area contributed by atoms with Crippen LogP contribution in [0.25, 0.3) is 16.6 Å². The Labute approximate surface area is 192 Å². The van der Waals surface area contributed by atoms with Gasteiger partial charge >= 0.3 is 0 Å². The molecule has 2 aromatic heterocycles. The van der Waals surface area contributed by atoms with Gasteiger partial charge in [0, 0.05) is 23.1 Å². The smallest absolute Gasteiger partial charge is 0.258 e. The lowest BCUT2D eigenvalue weighted by atomic mass is 10.2. The molecule has 0 radical (unpaired) electrons. The van der Waals surface area contributed by atoms with Crippen molar-refractivity contribution >= 4 is 51.8 Å². The fourth-order valence-corrected chi connectivity index (χ4v) is 4.85. The van der Waals surface area contributed by atoms with Crippen LogP contribution in [-0.2, 0) is 5.75 Å². The van der Waals surface area contributed by atoms with Crippen LogP contribution in [0.1, 0.15) is 18.7 Å². The SMILES string of the molecule is O=c1[nH]c(CSc2nnc(N3CCCC3)n2-c2cccc(Cl)c2)nc2cc(Cl)ccc12. The molecule has 1 aliphatic rings. The van der Waals surface area contributed by atoms with Gasteiger partial charge in [0.05, 0.1) is 22.3 Å². The van der Waals surface area contributed by atoms with Gasteiger partial charge in [-0.25, -0.2) is 4.98 Å². The minimum absolute atomic E-state index is 0.189. The fraction of sp³-hybridized carbons (Fsp3) is 0.238. The van der Waals surface area contributed by atoms with Crippen LogP contribution >= 0.6 is 35.0 Å². The number of benzene rings is 2. The number of halogens is 2. The molecule has 1 fully saturated rings. The molecule has 0 atom stereocenters. The number of aromatic amines is 1. The van der Waals surface area contributed by atoms with Gasteiger partial charge in [-0.3, -0.25) is 9.36 Å². The number of H-pyrrole nitrogens is 1. The summed E-state index contributed by atoms with van der Waals surface area (Å²) in [5, 5.41) is 11.3. The molecule has 3 heterocycles. The van der Waals surface area contributed by atoms with E-state index in [1.54, 1.807) is 18.2 Å². The highest BCUT2D eigenvalue weighted by Crippen LogP contribution is 2.30. The number of anilines is 1. The zero-order valence-electron chi connectivity index (χ0n) is 16.4. The number of nitrogens with one attached hydrogen (secondary N) is 1. The van der Waals surface area contributed by atoms with E-state index in [4.69, 9.17) is 23.2 Å². The molecule has 0 bridgehead atoms. The van der Waals surface area contributed by atoms with E-state index in [1.807, 2.05) is 28.8 Å². The van der Waals surface area contributed by atoms with Gasteiger partial charge in [0.25, 0.3) is 5.56 Å². The summed E-state index contributed by atoms with van der Waals surface area (Å²) in [7, 11) is 0. The second-order valence-electron chi connectivity index (χ2n) is 7.25. The van der Waals surface area contributed by atoms with Crippen molar-refractivity contribution in [1.29, 1.82) is 0 Å². The first-order chi connectivity index (χ1) is 15.1. The van der Waals surface area contributed by atoms with Gasteiger partial charge in [0.1, 0.15) is 5.82 Å². The molecule has 1 N–H and O–H groups in total. The Balaban J connectivity index is 1.49. The average Bonchev–Trinajstić information content (AvgIpc) is 3.41. The number of fused-ring (bicyclic) bond motifs is 1. The number of nitrogens with zero attached hydrogens (tertiary/aromatic N) is 5. The Morgan fingerprint density at radius 3 is 2.65 bits per heavy atom. The Kier molecular flexibility index (Phi) is 5.60. The number of hydrogen-bond acceptors (Lipinski definition) is 6. The number of thioether (sulfide) groups is 1. The molecule has 0 aliphatic carbocycles. The third kappa shape index (κ3) is 4.15. The minimum atomic E-state index is -0.189. The van der Waals surface area contributed by atoms with Crippen LogP contribution in [0.3, 0.4) is 0 Å². The Hall–Kier alpha value is -2.55. The molecule has 0 amide bonds. The van der Waals surface area contributed by atoms with Gasteiger partial charge in [0.2, 0.25) is 5.95 Å². The van der Waals surface area contributed by atoms with E-state index in [0.717, 1.165) is 37.6 Å². The molecule has 1 aliphatic heterocycles. The Morgan fingerprint density at radius 2 is 1.84 bits per heavy atom. The lowest BCUT2D eigenvalue weighted by Gasteiger charge is -2.18. The highest BCUT2D eigenvalue weighted by atomic mass is 35.5. The van der Waals surface area contributed by atoms with Gasteiger partial charge in [-0.2, -0.15) is 0 Å². The molecule has 7 nitrogen and oxygen atoms in total. The van der Waals surface area contributed by atoms with Crippen molar-refractivity contribution in [3.63, 3.8) is 0 Å². The molecule has 31 heavy (non-hydrogen) atoms. The Bertz CT molecular complexity index is 1310. The lowest BCUT2D eigenvalue weighted by Crippen LogP contribution is -2.22. The molecule has 0 saturated carbocycles. The standard InChI is InChI=1S/C21H18Cl2N6OS/c22-13-4-3-5-15(10-13)29-20(28-8-1-2-9-28)26-27-21(29)31-12-18-24-17-11-14(23)6-7-16(17)19(30)25-18/h3-7,10-11H,1-2,8-9,12H2,(H,24,25,30). The van der Waals surface area contributed by atoms with Gasteiger partial charge in [-0.15, -0.1) is 10.2 Å². The predicted octanol–water partition coefficient (Wildman–Crippen LogP) is 4.70. The van der Waals surface area contributed by atoms with Gasteiger partial charge < -0.3 is 9.88 Å². The highest BCUT2D eigenvalue weighted by Gasteiger charge is 2.22. The van der Waals surface area contributed by atoms with Crippen LogP contribution in [0.2, 0.25) is 10.0 Å². The topological polar surface area (TPSA) is 79.7 Å². The van der Waals surface area contributed by atoms with E-state index < -0.39 is 0 Å². The zero-order valence-corrected chi connectivity index (χ0v) is 18.7. The monoisotopic (exact) mass is 472 g/mol. The van der Waals surface area contributed by atoms with E-state index >= 15 is 0 Å². The van der Waals surface area contributed by atoms with E-state index in [0.29, 0.717) is 37.7 Å². The summed E-state index contributed by atoms with van der Waals surface area (Å²) in [5.74, 6) is 1.78. The summed E-state index contributed by atoms with van der Waals surface area (Å²) in [6, 6.07) is 12.7. The number of aromatic nitrogens is 5. The average molecular weight is 473 g/mol. The van der Waals surface area contributed by atoms with Crippen LogP contribution in [0.15, 0.2) is 52.4 Å². The molecule has 5 rings (SSSR count). The number of rotatable bonds is 5. The molecule has 10 heteroatoms. The van der Waals surface area contributed by atoms with Crippen molar-refractivity contribution in [2.75, 3.05) is 18.0 Å². The van der Waals surface area contributed by atoms with Crippen LogP contribution in [-0.4, -0.2) is 37.8 Å². The molecule has 1 saturated heterocycles. The summed E-state index contributed by atoms with van der Waals surface area (Å²) in [5.41, 5.74) is 1.28. The second kappa shape index (κ2) is 8.53. The maximum atomic E-state index is 12.4. The van der Waals surface area contributed by atoms with E-state index in [9.17, 15) is 4.79 Å². The number of hydrogen-bond donors (Lipinski definition) is 1. The molecular formula is C21H18Cl2N6OS. The minimum Gasteiger partial charge on any atom is -0.341 e. The normalized spacial score (nSPS) is 13.9. The van der Waals surface area contributed by atoms with Crippen LogP contribution < -0.4 is 10.5 Å². The molecule has 0 unspecified atom stereocenters.